The zero-order chi connectivity index (χ0) is 14.3. The highest BCUT2D eigenvalue weighted by Crippen LogP contribution is 2.12. The van der Waals surface area contributed by atoms with Crippen LogP contribution in [0.1, 0.15) is 43.1 Å². The molecule has 1 atom stereocenters. The Bertz CT molecular complexity index is 403. The number of nitrogens with two attached hydrogens (primary N) is 1. The molecule has 1 unspecified atom stereocenters. The molecule has 19 heavy (non-hydrogen) atoms. The predicted octanol–water partition coefficient (Wildman–Crippen LogP) is 2.70. The van der Waals surface area contributed by atoms with Crippen molar-refractivity contribution >= 4 is 5.91 Å². The van der Waals surface area contributed by atoms with Crippen molar-refractivity contribution in [2.45, 2.75) is 33.6 Å². The van der Waals surface area contributed by atoms with Gasteiger partial charge in [0.1, 0.15) is 0 Å². The number of rotatable bonds is 7. The molecular formula is C16H26N2O. The largest absolute Gasteiger partial charge is 0.339 e. The fraction of sp³-hybridized carbons (Fsp3) is 0.562. The molecule has 0 aliphatic rings. The molecule has 0 bridgehead atoms. The summed E-state index contributed by atoms with van der Waals surface area (Å²) in [6.07, 6.45) is 1.91. The van der Waals surface area contributed by atoms with E-state index in [0.29, 0.717) is 12.5 Å². The third-order valence-electron chi connectivity index (χ3n) is 3.50. The van der Waals surface area contributed by atoms with Gasteiger partial charge >= 0.3 is 0 Å². The Kier molecular flexibility index (Phi) is 6.57. The Morgan fingerprint density at radius 1 is 1.37 bits per heavy atom. The van der Waals surface area contributed by atoms with Crippen molar-refractivity contribution in [2.24, 2.45) is 11.7 Å². The predicted molar refractivity (Wildman–Crippen MR) is 80.2 cm³/mol. The first-order valence-electron chi connectivity index (χ1n) is 7.20. The number of hydrogen-bond acceptors (Lipinski definition) is 2. The lowest BCUT2D eigenvalue weighted by Crippen LogP contribution is -2.34. The lowest BCUT2D eigenvalue weighted by atomic mass is 10.1. The summed E-state index contributed by atoms with van der Waals surface area (Å²) in [6, 6.07) is 7.82. The van der Waals surface area contributed by atoms with Crippen molar-refractivity contribution in [3.05, 3.63) is 35.4 Å². The Morgan fingerprint density at radius 2 is 2.11 bits per heavy atom. The Morgan fingerprint density at radius 3 is 2.68 bits per heavy atom. The summed E-state index contributed by atoms with van der Waals surface area (Å²) < 4.78 is 0. The molecule has 106 valence electrons. The molecule has 2 N–H and O–H groups in total. The van der Waals surface area contributed by atoms with Crippen LogP contribution < -0.4 is 5.73 Å². The number of nitrogens with zero attached hydrogens (tertiary/aromatic N) is 1. The van der Waals surface area contributed by atoms with E-state index in [0.717, 1.165) is 37.1 Å². The van der Waals surface area contributed by atoms with Crippen LogP contribution in [0.25, 0.3) is 0 Å². The molecule has 1 rings (SSSR count). The van der Waals surface area contributed by atoms with Crippen LogP contribution in [0.15, 0.2) is 24.3 Å². The standard InChI is InChI=1S/C16H26N2O/c1-4-13(3)12-18(5-2)16(19)15-8-6-7-14(11-15)9-10-17/h6-8,11,13H,4-5,9-10,12,17H2,1-3H3. The van der Waals surface area contributed by atoms with Crippen LogP contribution in [0.3, 0.4) is 0 Å². The fourth-order valence-corrected chi connectivity index (χ4v) is 2.07. The quantitative estimate of drug-likeness (QED) is 0.821. The summed E-state index contributed by atoms with van der Waals surface area (Å²) in [5.41, 5.74) is 7.47. The van der Waals surface area contributed by atoms with Gasteiger partial charge in [0.25, 0.3) is 5.91 Å². The van der Waals surface area contributed by atoms with E-state index in [4.69, 9.17) is 5.73 Å². The molecule has 3 heteroatoms. The molecule has 0 aliphatic carbocycles. The molecular weight excluding hydrogens is 236 g/mol. The first-order valence-corrected chi connectivity index (χ1v) is 7.20. The highest BCUT2D eigenvalue weighted by Gasteiger charge is 2.16. The lowest BCUT2D eigenvalue weighted by Gasteiger charge is -2.24. The third-order valence-corrected chi connectivity index (χ3v) is 3.50. The maximum atomic E-state index is 12.5. The molecule has 0 saturated carbocycles. The van der Waals surface area contributed by atoms with Gasteiger partial charge in [0.2, 0.25) is 0 Å². The van der Waals surface area contributed by atoms with Crippen molar-refractivity contribution in [3.8, 4) is 0 Å². The smallest absolute Gasteiger partial charge is 0.253 e. The van der Waals surface area contributed by atoms with Crippen molar-refractivity contribution in [3.63, 3.8) is 0 Å². The summed E-state index contributed by atoms with van der Waals surface area (Å²) in [4.78, 5) is 14.4. The highest BCUT2D eigenvalue weighted by molar-refractivity contribution is 5.94. The summed E-state index contributed by atoms with van der Waals surface area (Å²) in [6.45, 7) is 8.56. The zero-order valence-electron chi connectivity index (χ0n) is 12.4. The van der Waals surface area contributed by atoms with E-state index in [1.807, 2.05) is 36.1 Å². The SMILES string of the molecule is CCC(C)CN(CC)C(=O)c1cccc(CCN)c1. The summed E-state index contributed by atoms with van der Waals surface area (Å²) >= 11 is 0. The number of hydrogen-bond donors (Lipinski definition) is 1. The van der Waals surface area contributed by atoms with Crippen molar-refractivity contribution in [2.75, 3.05) is 19.6 Å². The van der Waals surface area contributed by atoms with Gasteiger partial charge in [-0.25, -0.2) is 0 Å². The highest BCUT2D eigenvalue weighted by atomic mass is 16.2. The van der Waals surface area contributed by atoms with Crippen LogP contribution in [0.4, 0.5) is 0 Å². The van der Waals surface area contributed by atoms with E-state index in [1.165, 1.54) is 0 Å². The first kappa shape index (κ1) is 15.7. The molecule has 0 spiro atoms. The number of amides is 1. The second kappa shape index (κ2) is 7.95. The van der Waals surface area contributed by atoms with E-state index >= 15 is 0 Å². The van der Waals surface area contributed by atoms with E-state index < -0.39 is 0 Å². The molecule has 0 radical (unpaired) electrons. The van der Waals surface area contributed by atoms with Crippen LogP contribution in [-0.2, 0) is 6.42 Å². The molecule has 3 nitrogen and oxygen atoms in total. The van der Waals surface area contributed by atoms with Crippen molar-refractivity contribution < 1.29 is 4.79 Å². The lowest BCUT2D eigenvalue weighted by molar-refractivity contribution is 0.0740. The minimum absolute atomic E-state index is 0.127. The van der Waals surface area contributed by atoms with Gasteiger partial charge in [-0.15, -0.1) is 0 Å². The fourth-order valence-electron chi connectivity index (χ4n) is 2.07. The number of carbonyl (C=O) groups excluding carboxylic acids is 1. The Hall–Kier alpha value is -1.35. The molecule has 1 amide bonds. The molecule has 0 aliphatic heterocycles. The minimum Gasteiger partial charge on any atom is -0.339 e. The van der Waals surface area contributed by atoms with Gasteiger partial charge in [0, 0.05) is 18.7 Å². The molecule has 0 heterocycles. The molecule has 0 saturated heterocycles. The van der Waals surface area contributed by atoms with E-state index in [9.17, 15) is 4.79 Å². The van der Waals surface area contributed by atoms with Gasteiger partial charge in [-0.1, -0.05) is 32.4 Å². The van der Waals surface area contributed by atoms with Crippen LogP contribution in [-0.4, -0.2) is 30.4 Å². The third kappa shape index (κ3) is 4.67. The van der Waals surface area contributed by atoms with Gasteiger partial charge in [-0.2, -0.15) is 0 Å². The molecule has 0 fully saturated rings. The van der Waals surface area contributed by atoms with Crippen LogP contribution in [0, 0.1) is 5.92 Å². The average Bonchev–Trinajstić information content (AvgIpc) is 2.44. The number of benzene rings is 1. The van der Waals surface area contributed by atoms with Gasteiger partial charge < -0.3 is 10.6 Å². The summed E-state index contributed by atoms with van der Waals surface area (Å²) in [5.74, 6) is 0.665. The second-order valence-electron chi connectivity index (χ2n) is 5.10. The summed E-state index contributed by atoms with van der Waals surface area (Å²) in [5, 5.41) is 0. The minimum atomic E-state index is 0.127. The Balaban J connectivity index is 2.81. The van der Waals surface area contributed by atoms with E-state index in [1.54, 1.807) is 0 Å². The first-order chi connectivity index (χ1) is 9.12. The monoisotopic (exact) mass is 262 g/mol. The average molecular weight is 262 g/mol. The normalized spacial score (nSPS) is 12.2. The number of carbonyl (C=O) groups is 1. The van der Waals surface area contributed by atoms with Crippen LogP contribution in [0.2, 0.25) is 0 Å². The van der Waals surface area contributed by atoms with Crippen LogP contribution >= 0.6 is 0 Å². The van der Waals surface area contributed by atoms with Crippen molar-refractivity contribution in [1.82, 2.24) is 4.90 Å². The maximum Gasteiger partial charge on any atom is 0.253 e. The maximum absolute atomic E-state index is 12.5. The van der Waals surface area contributed by atoms with Gasteiger partial charge in [-0.3, -0.25) is 4.79 Å². The zero-order valence-corrected chi connectivity index (χ0v) is 12.4. The van der Waals surface area contributed by atoms with E-state index in [-0.39, 0.29) is 5.91 Å². The van der Waals surface area contributed by atoms with E-state index in [2.05, 4.69) is 13.8 Å². The summed E-state index contributed by atoms with van der Waals surface area (Å²) in [7, 11) is 0. The van der Waals surface area contributed by atoms with Crippen LogP contribution in [0.5, 0.6) is 0 Å². The topological polar surface area (TPSA) is 46.3 Å². The Labute approximate surface area is 116 Å². The van der Waals surface area contributed by atoms with Gasteiger partial charge in [-0.05, 0) is 43.5 Å². The second-order valence-corrected chi connectivity index (χ2v) is 5.10. The molecule has 1 aromatic rings. The van der Waals surface area contributed by atoms with Crippen molar-refractivity contribution in [1.29, 1.82) is 0 Å². The molecule has 1 aromatic carbocycles. The molecule has 0 aromatic heterocycles. The van der Waals surface area contributed by atoms with Gasteiger partial charge in [0.05, 0.1) is 0 Å². The van der Waals surface area contributed by atoms with Gasteiger partial charge in [0.15, 0.2) is 0 Å².